The molecular formula is C14H22CoN7O8S. The van der Waals surface area contributed by atoms with Gasteiger partial charge in [-0.2, -0.15) is 0 Å². The number of oxime groups is 2. The van der Waals surface area contributed by atoms with Gasteiger partial charge in [0.05, 0.1) is 0 Å². The van der Waals surface area contributed by atoms with Crippen LogP contribution in [-0.2, 0) is 26.8 Å². The van der Waals surface area contributed by atoms with Crippen LogP contribution in [0, 0.1) is 20.1 Å². The van der Waals surface area contributed by atoms with Gasteiger partial charge in [0.2, 0.25) is 0 Å². The largest absolute Gasteiger partial charge is 3.00 e. The maximum Gasteiger partial charge on any atom is 3.00 e. The fraction of sp³-hybridized carbons (Fsp3) is 0.286. The first kappa shape index (κ1) is 35.2. The Morgan fingerprint density at radius 2 is 1.19 bits per heavy atom. The average molecular weight is 507 g/mol. The monoisotopic (exact) mass is 507 g/mol. The third kappa shape index (κ3) is 19.8. The summed E-state index contributed by atoms with van der Waals surface area (Å²) in [7, 11) is -3.83. The molecule has 176 valence electrons. The van der Waals surface area contributed by atoms with Gasteiger partial charge in [-0.15, -0.1) is 4.91 Å². The summed E-state index contributed by atoms with van der Waals surface area (Å²) in [5, 5.41) is 53.7. The van der Waals surface area contributed by atoms with E-state index in [2.05, 4.69) is 20.6 Å². The molecule has 1 aromatic rings. The summed E-state index contributed by atoms with van der Waals surface area (Å²) in [5.74, 6) is 0. The van der Waals surface area contributed by atoms with Crippen LogP contribution in [0.25, 0.3) is 0 Å². The second-order valence-corrected chi connectivity index (χ2v) is 6.36. The fourth-order valence-corrected chi connectivity index (χ4v) is 1.42. The molecule has 1 aromatic carbocycles. The van der Waals surface area contributed by atoms with Gasteiger partial charge in [0.25, 0.3) is 0 Å². The SMILES string of the molecule is CC(=N\O)/C(C)=N/O.CC(=N\[O-])/C(C)=N/[O-].N=S(=O)([O-])c1ccc(N)cc1.O=NO.[Co+3]. The molecule has 0 aliphatic rings. The summed E-state index contributed by atoms with van der Waals surface area (Å²) >= 11 is 0. The molecule has 0 spiro atoms. The molecule has 0 saturated heterocycles. The minimum Gasteiger partial charge on any atom is -0.792 e. The minimum absolute atomic E-state index is 0. The van der Waals surface area contributed by atoms with E-state index in [4.69, 9.17) is 31.0 Å². The van der Waals surface area contributed by atoms with Crippen molar-refractivity contribution in [3.63, 3.8) is 0 Å². The van der Waals surface area contributed by atoms with E-state index in [-0.39, 0.29) is 33.1 Å². The van der Waals surface area contributed by atoms with Gasteiger partial charge in [0, 0.05) is 32.0 Å². The van der Waals surface area contributed by atoms with Crippen molar-refractivity contribution >= 4 is 38.5 Å². The van der Waals surface area contributed by atoms with Crippen molar-refractivity contribution in [1.82, 2.24) is 0 Å². The van der Waals surface area contributed by atoms with Gasteiger partial charge in [-0.1, -0.05) is 10.3 Å². The predicted molar refractivity (Wildman–Crippen MR) is 111 cm³/mol. The number of nitrogens with zero attached hydrogens (tertiary/aromatic N) is 5. The average Bonchev–Trinajstić information content (AvgIpc) is 2.72. The van der Waals surface area contributed by atoms with E-state index >= 15 is 0 Å². The van der Waals surface area contributed by atoms with Crippen LogP contribution in [0.4, 0.5) is 5.69 Å². The summed E-state index contributed by atoms with van der Waals surface area (Å²) in [6.45, 7) is 5.94. The molecule has 0 fully saturated rings. The zero-order valence-electron chi connectivity index (χ0n) is 16.7. The first-order valence-electron chi connectivity index (χ1n) is 7.39. The number of nitrogens with one attached hydrogen (secondary N) is 1. The molecule has 0 aromatic heterocycles. The molecule has 0 saturated carbocycles. The van der Waals surface area contributed by atoms with Crippen LogP contribution < -0.4 is 5.73 Å². The van der Waals surface area contributed by atoms with Crippen molar-refractivity contribution in [3.05, 3.63) is 39.6 Å². The Morgan fingerprint density at radius 3 is 1.39 bits per heavy atom. The molecule has 0 radical (unpaired) electrons. The number of nitrogens with two attached hydrogens (primary N) is 1. The molecule has 0 aliphatic carbocycles. The molecule has 6 N–H and O–H groups in total. The molecule has 0 amide bonds. The van der Waals surface area contributed by atoms with Gasteiger partial charge in [-0.3, -0.25) is 8.99 Å². The smallest absolute Gasteiger partial charge is 0.792 e. The van der Waals surface area contributed by atoms with Gasteiger partial charge < -0.3 is 46.6 Å². The van der Waals surface area contributed by atoms with Crippen LogP contribution >= 0.6 is 0 Å². The Balaban J connectivity index is -0.000000166. The van der Waals surface area contributed by atoms with E-state index in [0.29, 0.717) is 17.1 Å². The first-order valence-corrected chi connectivity index (χ1v) is 8.88. The molecule has 15 nitrogen and oxygen atoms in total. The Bertz CT molecular complexity index is 792. The van der Waals surface area contributed by atoms with Crippen LogP contribution in [0.1, 0.15) is 27.7 Å². The van der Waals surface area contributed by atoms with Gasteiger partial charge in [0.15, 0.2) is 5.34 Å². The van der Waals surface area contributed by atoms with Crippen LogP contribution in [0.2, 0.25) is 0 Å². The zero-order chi connectivity index (χ0) is 24.3. The Kier molecular flexibility index (Phi) is 22.7. The van der Waals surface area contributed by atoms with E-state index in [1.165, 1.54) is 57.3 Å². The Hall–Kier alpha value is -3.28. The van der Waals surface area contributed by atoms with Crippen LogP contribution in [0.3, 0.4) is 0 Å². The first-order chi connectivity index (χ1) is 13.9. The van der Waals surface area contributed by atoms with Gasteiger partial charge >= 0.3 is 16.8 Å². The van der Waals surface area contributed by atoms with Gasteiger partial charge in [-0.25, -0.2) is 0 Å². The molecular weight excluding hydrogens is 485 g/mol. The third-order valence-electron chi connectivity index (χ3n) is 2.81. The molecule has 0 heterocycles. The maximum atomic E-state index is 10.6. The number of hydrogen-bond acceptors (Lipinski definition) is 14. The molecule has 0 aliphatic heterocycles. The number of hydrogen-bond donors (Lipinski definition) is 5. The van der Waals surface area contributed by atoms with E-state index in [0.717, 1.165) is 0 Å². The minimum atomic E-state index is -3.83. The number of rotatable bonds is 3. The van der Waals surface area contributed by atoms with Crippen molar-refractivity contribution in [1.29, 1.82) is 4.78 Å². The topological polar surface area (TPSA) is 276 Å². The standard InChI is InChI=1S/C6H8N2O2S.2C4H8N2O2.Co.HNO2/c7-5-1-3-6(4-2-5)11(8,9)10;2*1-3(5-7)4(2)6-8;;2-1-3/h1-4H,7H2,(H2,8,9,10);2*7-8H,1-2H3;;(H,2,3)/q;;;+3;/p-3/b;2*5-3+,6-4+;;. The molecule has 1 unspecified atom stereocenters. The van der Waals surface area contributed by atoms with Crippen LogP contribution in [-0.4, -0.2) is 47.2 Å². The van der Waals surface area contributed by atoms with Crippen molar-refractivity contribution in [3.8, 4) is 0 Å². The number of benzene rings is 1. The van der Waals surface area contributed by atoms with Crippen molar-refractivity contribution in [2.24, 2.45) is 26.0 Å². The van der Waals surface area contributed by atoms with Crippen molar-refractivity contribution < 1.29 is 41.2 Å². The Labute approximate surface area is 188 Å². The van der Waals surface area contributed by atoms with Gasteiger partial charge in [0.1, 0.15) is 11.4 Å². The van der Waals surface area contributed by atoms with E-state index in [1.807, 2.05) is 0 Å². The van der Waals surface area contributed by atoms with Crippen molar-refractivity contribution in [2.75, 3.05) is 5.73 Å². The second kappa shape index (κ2) is 20.0. The van der Waals surface area contributed by atoms with Gasteiger partial charge in [-0.05, 0) is 52.0 Å². The predicted octanol–water partition coefficient (Wildman–Crippen LogP) is 2.53. The summed E-state index contributed by atoms with van der Waals surface area (Å²) < 4.78 is 27.8. The van der Waals surface area contributed by atoms with Crippen LogP contribution in [0.5, 0.6) is 0 Å². The maximum absolute atomic E-state index is 10.6. The Morgan fingerprint density at radius 1 is 0.903 bits per heavy atom. The molecule has 31 heavy (non-hydrogen) atoms. The van der Waals surface area contributed by atoms with E-state index in [9.17, 15) is 19.2 Å². The van der Waals surface area contributed by atoms with E-state index < -0.39 is 10.0 Å². The number of anilines is 1. The quantitative estimate of drug-likeness (QED) is 0.132. The summed E-state index contributed by atoms with van der Waals surface area (Å²) in [6, 6.07) is 5.50. The summed E-state index contributed by atoms with van der Waals surface area (Å²) in [6.07, 6.45) is 0. The second-order valence-electron chi connectivity index (χ2n) is 4.88. The molecule has 1 atom stereocenters. The normalized spacial score (nSPS) is 13.3. The van der Waals surface area contributed by atoms with E-state index in [1.54, 1.807) is 0 Å². The number of nitrogen functional groups attached to an aromatic ring is 1. The molecule has 17 heteroatoms. The molecule has 0 bridgehead atoms. The summed E-state index contributed by atoms with van der Waals surface area (Å²) in [5.41, 5.74) is 6.70. The molecule has 1 rings (SSSR count). The third-order valence-corrected chi connectivity index (χ3v) is 3.70. The summed E-state index contributed by atoms with van der Waals surface area (Å²) in [4.78, 5) is 8.08. The van der Waals surface area contributed by atoms with Crippen LogP contribution in [0.15, 0.2) is 55.1 Å². The zero-order valence-corrected chi connectivity index (χ0v) is 18.6. The fourth-order valence-electron chi connectivity index (χ4n) is 0.924. The van der Waals surface area contributed by atoms with Crippen molar-refractivity contribution in [2.45, 2.75) is 32.6 Å².